The average Bonchev–Trinajstić information content (AvgIpc) is 3.29. The van der Waals surface area contributed by atoms with Gasteiger partial charge in [-0.25, -0.2) is 13.2 Å². The Balaban J connectivity index is 0.000000554. The van der Waals surface area contributed by atoms with Gasteiger partial charge in [0.2, 0.25) is 6.41 Å². The van der Waals surface area contributed by atoms with E-state index in [9.17, 15) is 18.0 Å². The third kappa shape index (κ3) is 7.56. The number of rotatable bonds is 8. The number of carbonyl (C=O) groups excluding carboxylic acids is 1. The number of hydrogen-bond acceptors (Lipinski definition) is 3. The molecule has 176 valence electrons. The van der Waals surface area contributed by atoms with Crippen molar-refractivity contribution in [2.24, 2.45) is 0 Å². The molecule has 0 aliphatic carbocycles. The van der Waals surface area contributed by atoms with E-state index < -0.39 is 5.92 Å². The van der Waals surface area contributed by atoms with Gasteiger partial charge in [-0.2, -0.15) is 0 Å². The molecule has 4 nitrogen and oxygen atoms in total. The van der Waals surface area contributed by atoms with E-state index in [0.29, 0.717) is 29.1 Å². The second-order valence-electron chi connectivity index (χ2n) is 7.63. The fraction of sp³-hybridized carbons (Fsp3) is 0.269. The molecule has 1 fully saturated rings. The monoisotopic (exact) mass is 457 g/mol. The molecule has 2 aromatic carbocycles. The van der Waals surface area contributed by atoms with Crippen LogP contribution in [0.1, 0.15) is 37.3 Å². The number of nitrogens with zero attached hydrogens (tertiary/aromatic N) is 1. The molecule has 1 aliphatic heterocycles. The minimum absolute atomic E-state index is 0.102. The minimum atomic E-state index is -2.95. The van der Waals surface area contributed by atoms with E-state index in [0.717, 1.165) is 6.54 Å². The quantitative estimate of drug-likeness (QED) is 0.380. The fourth-order valence-electron chi connectivity index (χ4n) is 3.23. The highest BCUT2D eigenvalue weighted by Gasteiger charge is 2.29. The molecule has 0 unspecified atom stereocenters. The van der Waals surface area contributed by atoms with Gasteiger partial charge >= 0.3 is 0 Å². The molecule has 33 heavy (non-hydrogen) atoms. The Bertz CT molecular complexity index is 992. The van der Waals surface area contributed by atoms with Crippen molar-refractivity contribution in [2.45, 2.75) is 32.1 Å². The molecule has 0 aromatic heterocycles. The third-order valence-electron chi connectivity index (χ3n) is 5.19. The number of allylic oxidation sites excluding steroid dienone is 2. The highest BCUT2D eigenvalue weighted by Crippen LogP contribution is 2.34. The number of carbonyl (C=O) groups is 1. The largest absolute Gasteiger partial charge is 0.389 e. The molecule has 7 heteroatoms. The van der Waals surface area contributed by atoms with Crippen molar-refractivity contribution in [3.63, 3.8) is 0 Å². The number of benzene rings is 2. The number of alkyl halides is 2. The molecule has 1 aliphatic rings. The summed E-state index contributed by atoms with van der Waals surface area (Å²) in [4.78, 5) is 12.4. The Morgan fingerprint density at radius 1 is 1.24 bits per heavy atom. The van der Waals surface area contributed by atoms with Gasteiger partial charge < -0.3 is 15.5 Å². The molecule has 3 rings (SSSR count). The highest BCUT2D eigenvalue weighted by atomic mass is 19.3. The Labute approximate surface area is 193 Å². The van der Waals surface area contributed by atoms with E-state index in [1.54, 1.807) is 42.3 Å². The molecule has 2 N–H and O–H groups in total. The standard InChI is InChI=1S/C21H21F3N2O.C5H9N/c1-4-21(23,24)17-7-5-6-16(13-17)20(12-15(2)25-14-27)26(3)19-10-8-18(22)9-11-19;1-5-3-2-4-6-5/h5-14H,2,4H2,1,3H3,(H,25,27);6H,1-4H2/b20-12-;. The molecule has 0 saturated carbocycles. The van der Waals surface area contributed by atoms with Gasteiger partial charge in [-0.15, -0.1) is 0 Å². The predicted octanol–water partition coefficient (Wildman–Crippen LogP) is 5.95. The molecular formula is C26H30F3N3O. The molecule has 0 spiro atoms. The van der Waals surface area contributed by atoms with Crippen LogP contribution in [0.3, 0.4) is 0 Å². The van der Waals surface area contributed by atoms with Crippen LogP contribution in [0.15, 0.2) is 79.2 Å². The first-order chi connectivity index (χ1) is 15.7. The summed E-state index contributed by atoms with van der Waals surface area (Å²) in [5, 5.41) is 5.56. The van der Waals surface area contributed by atoms with Crippen LogP contribution in [0.5, 0.6) is 0 Å². The minimum Gasteiger partial charge on any atom is -0.389 e. The number of nitrogens with one attached hydrogen (secondary N) is 2. The maximum Gasteiger partial charge on any atom is 0.273 e. The summed E-state index contributed by atoms with van der Waals surface area (Å²) >= 11 is 0. The van der Waals surface area contributed by atoms with Crippen molar-refractivity contribution in [1.29, 1.82) is 0 Å². The van der Waals surface area contributed by atoms with Crippen LogP contribution in [-0.4, -0.2) is 20.0 Å². The molecule has 0 radical (unpaired) electrons. The van der Waals surface area contributed by atoms with E-state index >= 15 is 0 Å². The van der Waals surface area contributed by atoms with E-state index in [-0.39, 0.29) is 17.8 Å². The second-order valence-corrected chi connectivity index (χ2v) is 7.63. The first-order valence-corrected chi connectivity index (χ1v) is 10.7. The van der Waals surface area contributed by atoms with Gasteiger partial charge in [0.05, 0.1) is 5.70 Å². The zero-order valence-electron chi connectivity index (χ0n) is 19.0. The molecule has 1 saturated heterocycles. The molecular weight excluding hydrogens is 427 g/mol. The van der Waals surface area contributed by atoms with Gasteiger partial charge in [0.25, 0.3) is 5.92 Å². The van der Waals surface area contributed by atoms with E-state index in [1.165, 1.54) is 49.7 Å². The summed E-state index contributed by atoms with van der Waals surface area (Å²) in [5.74, 6) is -3.33. The Morgan fingerprint density at radius 2 is 1.94 bits per heavy atom. The highest BCUT2D eigenvalue weighted by molar-refractivity contribution is 5.81. The Kier molecular flexibility index (Phi) is 9.33. The summed E-state index contributed by atoms with van der Waals surface area (Å²) in [6, 6.07) is 11.8. The Morgan fingerprint density at radius 3 is 2.45 bits per heavy atom. The summed E-state index contributed by atoms with van der Waals surface area (Å²) in [5.41, 5.74) is 3.08. The Hall–Kier alpha value is -3.48. The third-order valence-corrected chi connectivity index (χ3v) is 5.19. The lowest BCUT2D eigenvalue weighted by Crippen LogP contribution is -2.18. The fourth-order valence-corrected chi connectivity index (χ4v) is 3.23. The van der Waals surface area contributed by atoms with Crippen LogP contribution in [0.25, 0.3) is 5.70 Å². The second kappa shape index (κ2) is 11.9. The van der Waals surface area contributed by atoms with Crippen LogP contribution in [0.4, 0.5) is 18.9 Å². The lowest BCUT2D eigenvalue weighted by molar-refractivity contribution is -0.108. The van der Waals surface area contributed by atoms with Crippen LogP contribution in [0, 0.1) is 5.82 Å². The summed E-state index contributed by atoms with van der Waals surface area (Å²) in [6.07, 6.45) is 4.19. The topological polar surface area (TPSA) is 44.4 Å². The normalized spacial score (nSPS) is 13.5. The van der Waals surface area contributed by atoms with E-state index in [4.69, 9.17) is 0 Å². The van der Waals surface area contributed by atoms with Crippen molar-refractivity contribution in [2.75, 3.05) is 18.5 Å². The van der Waals surface area contributed by atoms with Crippen LogP contribution in [-0.2, 0) is 10.7 Å². The van der Waals surface area contributed by atoms with E-state index in [1.807, 2.05) is 0 Å². The number of anilines is 1. The predicted molar refractivity (Wildman–Crippen MR) is 128 cm³/mol. The van der Waals surface area contributed by atoms with Crippen molar-refractivity contribution in [3.05, 3.63) is 96.1 Å². The molecule has 1 heterocycles. The molecule has 1 amide bonds. The lowest BCUT2D eigenvalue weighted by atomic mass is 10.0. The first kappa shape index (κ1) is 25.8. The van der Waals surface area contributed by atoms with Crippen LogP contribution >= 0.6 is 0 Å². The maximum absolute atomic E-state index is 14.1. The SMILES string of the molecule is C=C(/C=C(/c1cccc(C(F)(F)CC)c1)N(C)c1ccc(F)cc1)NC=O.C=C1CCCN1. The van der Waals surface area contributed by atoms with Gasteiger partial charge in [0.1, 0.15) is 5.82 Å². The van der Waals surface area contributed by atoms with E-state index in [2.05, 4.69) is 23.8 Å². The van der Waals surface area contributed by atoms with Gasteiger partial charge in [-0.05, 0) is 54.8 Å². The number of halogens is 3. The van der Waals surface area contributed by atoms with Gasteiger partial charge in [-0.3, -0.25) is 4.79 Å². The van der Waals surface area contributed by atoms with Crippen molar-refractivity contribution >= 4 is 17.8 Å². The van der Waals surface area contributed by atoms with Crippen molar-refractivity contribution in [3.8, 4) is 0 Å². The van der Waals surface area contributed by atoms with Gasteiger partial charge in [0.15, 0.2) is 0 Å². The molecule has 0 bridgehead atoms. The van der Waals surface area contributed by atoms with Crippen molar-refractivity contribution in [1.82, 2.24) is 10.6 Å². The zero-order chi connectivity index (χ0) is 24.4. The van der Waals surface area contributed by atoms with Crippen molar-refractivity contribution < 1.29 is 18.0 Å². The number of amides is 1. The number of hydrogen-bond donors (Lipinski definition) is 2. The molecule has 0 atom stereocenters. The average molecular weight is 458 g/mol. The maximum atomic E-state index is 14.1. The summed E-state index contributed by atoms with van der Waals surface area (Å²) in [6.45, 7) is 10.0. The van der Waals surface area contributed by atoms with Gasteiger partial charge in [0, 0.05) is 42.7 Å². The smallest absolute Gasteiger partial charge is 0.273 e. The lowest BCUT2D eigenvalue weighted by Gasteiger charge is -2.25. The molecule has 2 aromatic rings. The first-order valence-electron chi connectivity index (χ1n) is 10.7. The van der Waals surface area contributed by atoms with Crippen LogP contribution < -0.4 is 15.5 Å². The van der Waals surface area contributed by atoms with Gasteiger partial charge in [-0.1, -0.05) is 38.3 Å². The summed E-state index contributed by atoms with van der Waals surface area (Å²) < 4.78 is 41.5. The summed E-state index contributed by atoms with van der Waals surface area (Å²) in [7, 11) is 1.72. The van der Waals surface area contributed by atoms with Crippen LogP contribution in [0.2, 0.25) is 0 Å². The zero-order valence-corrected chi connectivity index (χ0v) is 19.0.